The number of furan rings is 1. The lowest BCUT2D eigenvalue weighted by atomic mass is 10.1. The fraction of sp³-hybridized carbons (Fsp3) is 0.421. The SMILES string of the molecule is Cc1ccc(CC(=O)NC[C@@H](c2ccco2)N2CCCC2)cc1. The molecule has 4 nitrogen and oxygen atoms in total. The summed E-state index contributed by atoms with van der Waals surface area (Å²) in [6, 6.07) is 12.1. The van der Waals surface area contributed by atoms with Gasteiger partial charge in [0.1, 0.15) is 5.76 Å². The third kappa shape index (κ3) is 4.23. The van der Waals surface area contributed by atoms with Crippen molar-refractivity contribution >= 4 is 5.91 Å². The molecule has 0 spiro atoms. The summed E-state index contributed by atoms with van der Waals surface area (Å²) in [6.45, 7) is 4.78. The molecule has 0 aliphatic carbocycles. The topological polar surface area (TPSA) is 45.5 Å². The molecule has 1 aromatic carbocycles. The second kappa shape index (κ2) is 7.47. The van der Waals surface area contributed by atoms with E-state index in [1.165, 1.54) is 18.4 Å². The third-order valence-electron chi connectivity index (χ3n) is 4.43. The molecule has 1 N–H and O–H groups in total. The van der Waals surface area contributed by atoms with Crippen LogP contribution in [0, 0.1) is 6.92 Å². The standard InChI is InChI=1S/C19H24N2O2/c1-15-6-8-16(9-7-15)13-19(22)20-14-17(18-5-4-12-23-18)21-10-2-3-11-21/h4-9,12,17H,2-3,10-11,13-14H2,1H3,(H,20,22)/t17-/m0/s1. The van der Waals surface area contributed by atoms with E-state index < -0.39 is 0 Å². The monoisotopic (exact) mass is 312 g/mol. The van der Waals surface area contributed by atoms with Crippen LogP contribution in [-0.4, -0.2) is 30.4 Å². The zero-order valence-corrected chi connectivity index (χ0v) is 13.6. The van der Waals surface area contributed by atoms with Gasteiger partial charge in [0.05, 0.1) is 18.7 Å². The van der Waals surface area contributed by atoms with E-state index in [1.54, 1.807) is 6.26 Å². The number of rotatable bonds is 6. The number of nitrogens with zero attached hydrogens (tertiary/aromatic N) is 1. The van der Waals surface area contributed by atoms with Crippen molar-refractivity contribution in [1.29, 1.82) is 0 Å². The van der Waals surface area contributed by atoms with E-state index in [0.717, 1.165) is 24.4 Å². The van der Waals surface area contributed by atoms with Crippen molar-refractivity contribution in [3.05, 3.63) is 59.5 Å². The van der Waals surface area contributed by atoms with Gasteiger partial charge in [-0.3, -0.25) is 9.69 Å². The highest BCUT2D eigenvalue weighted by Gasteiger charge is 2.25. The van der Waals surface area contributed by atoms with Gasteiger partial charge in [0.25, 0.3) is 0 Å². The summed E-state index contributed by atoms with van der Waals surface area (Å²) in [5, 5.41) is 3.07. The van der Waals surface area contributed by atoms with Crippen molar-refractivity contribution in [3.63, 3.8) is 0 Å². The molecule has 0 unspecified atom stereocenters. The molecule has 1 amide bonds. The number of benzene rings is 1. The van der Waals surface area contributed by atoms with Crippen molar-refractivity contribution in [3.8, 4) is 0 Å². The summed E-state index contributed by atoms with van der Waals surface area (Å²) < 4.78 is 5.58. The lowest BCUT2D eigenvalue weighted by molar-refractivity contribution is -0.120. The molecule has 1 atom stereocenters. The number of carbonyl (C=O) groups excluding carboxylic acids is 1. The van der Waals surface area contributed by atoms with Gasteiger partial charge in [-0.1, -0.05) is 29.8 Å². The third-order valence-corrected chi connectivity index (χ3v) is 4.43. The van der Waals surface area contributed by atoms with E-state index in [4.69, 9.17) is 4.42 Å². The zero-order valence-electron chi connectivity index (χ0n) is 13.6. The average molecular weight is 312 g/mol. The number of hydrogen-bond donors (Lipinski definition) is 1. The molecule has 0 saturated carbocycles. The highest BCUT2D eigenvalue weighted by molar-refractivity contribution is 5.78. The lowest BCUT2D eigenvalue weighted by Crippen LogP contribution is -2.37. The quantitative estimate of drug-likeness (QED) is 0.891. The molecule has 1 fully saturated rings. The highest BCUT2D eigenvalue weighted by Crippen LogP contribution is 2.24. The van der Waals surface area contributed by atoms with Crippen LogP contribution < -0.4 is 5.32 Å². The number of likely N-dealkylation sites (tertiary alicyclic amines) is 1. The summed E-state index contributed by atoms with van der Waals surface area (Å²) in [6.07, 6.45) is 4.56. The van der Waals surface area contributed by atoms with Crippen LogP contribution in [0.1, 0.15) is 35.8 Å². The molecule has 3 rings (SSSR count). The van der Waals surface area contributed by atoms with Crippen LogP contribution in [0.15, 0.2) is 47.1 Å². The molecule has 1 aliphatic heterocycles. The molecule has 2 aromatic rings. The molecule has 2 heterocycles. The maximum atomic E-state index is 12.2. The summed E-state index contributed by atoms with van der Waals surface area (Å²) >= 11 is 0. The van der Waals surface area contributed by atoms with Crippen molar-refractivity contribution in [2.24, 2.45) is 0 Å². The number of hydrogen-bond acceptors (Lipinski definition) is 3. The van der Waals surface area contributed by atoms with Crippen molar-refractivity contribution in [2.75, 3.05) is 19.6 Å². The van der Waals surface area contributed by atoms with Gasteiger partial charge in [0, 0.05) is 6.54 Å². The van der Waals surface area contributed by atoms with Crippen LogP contribution in [0.2, 0.25) is 0 Å². The Morgan fingerprint density at radius 3 is 2.61 bits per heavy atom. The largest absolute Gasteiger partial charge is 0.468 e. The second-order valence-electron chi connectivity index (χ2n) is 6.24. The Hall–Kier alpha value is -2.07. The maximum absolute atomic E-state index is 12.2. The van der Waals surface area contributed by atoms with Gasteiger partial charge in [-0.25, -0.2) is 0 Å². The number of carbonyl (C=O) groups is 1. The summed E-state index contributed by atoms with van der Waals surface area (Å²) in [5.41, 5.74) is 2.25. The first kappa shape index (κ1) is 15.8. The van der Waals surface area contributed by atoms with Crippen molar-refractivity contribution in [1.82, 2.24) is 10.2 Å². The summed E-state index contributed by atoms with van der Waals surface area (Å²) in [4.78, 5) is 14.6. The minimum atomic E-state index is 0.0598. The Bertz CT molecular complexity index is 613. The van der Waals surface area contributed by atoms with Gasteiger partial charge >= 0.3 is 0 Å². The Morgan fingerprint density at radius 2 is 1.96 bits per heavy atom. The lowest BCUT2D eigenvalue weighted by Gasteiger charge is -2.26. The van der Waals surface area contributed by atoms with Gasteiger partial charge in [0.2, 0.25) is 5.91 Å². The molecule has 1 aliphatic rings. The normalized spacial score (nSPS) is 16.4. The molecule has 122 valence electrons. The smallest absolute Gasteiger partial charge is 0.224 e. The van der Waals surface area contributed by atoms with E-state index in [-0.39, 0.29) is 11.9 Å². The minimum Gasteiger partial charge on any atom is -0.468 e. The predicted octanol–water partition coefficient (Wildman–Crippen LogP) is 3.08. The predicted molar refractivity (Wildman–Crippen MR) is 90.1 cm³/mol. The molecule has 1 saturated heterocycles. The fourth-order valence-electron chi connectivity index (χ4n) is 3.11. The molecule has 23 heavy (non-hydrogen) atoms. The van der Waals surface area contributed by atoms with Crippen LogP contribution in [0.5, 0.6) is 0 Å². The van der Waals surface area contributed by atoms with E-state index in [1.807, 2.05) is 43.3 Å². The van der Waals surface area contributed by atoms with Crippen molar-refractivity contribution in [2.45, 2.75) is 32.2 Å². The Labute approximate surface area is 137 Å². The van der Waals surface area contributed by atoms with E-state index in [2.05, 4.69) is 10.2 Å². The molecule has 0 bridgehead atoms. The number of aryl methyl sites for hydroxylation is 1. The number of amides is 1. The molecular formula is C19H24N2O2. The van der Waals surface area contributed by atoms with Gasteiger partial charge in [0.15, 0.2) is 0 Å². The van der Waals surface area contributed by atoms with E-state index in [9.17, 15) is 4.79 Å². The Kier molecular flexibility index (Phi) is 5.13. The molecule has 0 radical (unpaired) electrons. The fourth-order valence-corrected chi connectivity index (χ4v) is 3.11. The van der Waals surface area contributed by atoms with Crippen LogP contribution in [0.25, 0.3) is 0 Å². The first-order valence-electron chi connectivity index (χ1n) is 8.32. The first-order chi connectivity index (χ1) is 11.2. The minimum absolute atomic E-state index is 0.0598. The maximum Gasteiger partial charge on any atom is 0.224 e. The first-order valence-corrected chi connectivity index (χ1v) is 8.32. The average Bonchev–Trinajstić information content (AvgIpc) is 3.24. The van der Waals surface area contributed by atoms with E-state index >= 15 is 0 Å². The van der Waals surface area contributed by atoms with Crippen LogP contribution in [0.4, 0.5) is 0 Å². The Balaban J connectivity index is 1.57. The molecular weight excluding hydrogens is 288 g/mol. The number of nitrogens with one attached hydrogen (secondary N) is 1. The zero-order chi connectivity index (χ0) is 16.1. The van der Waals surface area contributed by atoms with Crippen LogP contribution >= 0.6 is 0 Å². The summed E-state index contributed by atoms with van der Waals surface area (Å²) in [7, 11) is 0. The molecule has 4 heteroatoms. The second-order valence-corrected chi connectivity index (χ2v) is 6.24. The molecule has 1 aromatic heterocycles. The van der Waals surface area contributed by atoms with Crippen LogP contribution in [0.3, 0.4) is 0 Å². The van der Waals surface area contributed by atoms with Gasteiger partial charge in [-0.05, 0) is 50.6 Å². The highest BCUT2D eigenvalue weighted by atomic mass is 16.3. The van der Waals surface area contributed by atoms with Gasteiger partial charge < -0.3 is 9.73 Å². The van der Waals surface area contributed by atoms with Crippen LogP contribution in [-0.2, 0) is 11.2 Å². The van der Waals surface area contributed by atoms with Gasteiger partial charge in [-0.15, -0.1) is 0 Å². The van der Waals surface area contributed by atoms with E-state index in [0.29, 0.717) is 13.0 Å². The Morgan fingerprint density at radius 1 is 1.22 bits per heavy atom. The summed E-state index contributed by atoms with van der Waals surface area (Å²) in [5.74, 6) is 0.993. The van der Waals surface area contributed by atoms with Gasteiger partial charge in [-0.2, -0.15) is 0 Å². The van der Waals surface area contributed by atoms with Crippen molar-refractivity contribution < 1.29 is 9.21 Å².